The number of aromatic nitrogens is 3. The molecule has 0 spiro atoms. The van der Waals surface area contributed by atoms with E-state index in [9.17, 15) is 4.79 Å². The molecule has 90 valence electrons. The average Bonchev–Trinajstić information content (AvgIpc) is 2.73. The molecule has 2 aromatic heterocycles. The van der Waals surface area contributed by atoms with Gasteiger partial charge in [0, 0.05) is 24.0 Å². The highest BCUT2D eigenvalue weighted by Gasteiger charge is 2.07. The molecule has 0 N–H and O–H groups in total. The van der Waals surface area contributed by atoms with E-state index >= 15 is 0 Å². The van der Waals surface area contributed by atoms with Crippen LogP contribution in [0.25, 0.3) is 0 Å². The maximum absolute atomic E-state index is 11.9. The van der Waals surface area contributed by atoms with Gasteiger partial charge in [0.15, 0.2) is 0 Å². The number of hydrogen-bond acceptors (Lipinski definition) is 2. The Morgan fingerprint density at radius 3 is 2.88 bits per heavy atom. The molecule has 0 bridgehead atoms. The lowest BCUT2D eigenvalue weighted by Gasteiger charge is -2.13. The molecule has 0 atom stereocenters. The summed E-state index contributed by atoms with van der Waals surface area (Å²) in [5.74, 6) is 0. The van der Waals surface area contributed by atoms with E-state index in [-0.39, 0.29) is 5.56 Å². The summed E-state index contributed by atoms with van der Waals surface area (Å²) in [6.07, 6.45) is 5.43. The smallest absolute Gasteiger partial charge is 0.253 e. The molecule has 2 heterocycles. The van der Waals surface area contributed by atoms with Crippen LogP contribution in [0.15, 0.2) is 35.6 Å². The van der Waals surface area contributed by atoms with Crippen molar-refractivity contribution in [2.45, 2.75) is 33.4 Å². The van der Waals surface area contributed by atoms with Crippen molar-refractivity contribution in [2.75, 3.05) is 0 Å². The quantitative estimate of drug-likeness (QED) is 0.810. The molecule has 2 rings (SSSR count). The lowest BCUT2D eigenvalue weighted by Crippen LogP contribution is -2.23. The molecule has 0 aliphatic heterocycles. The standard InChI is InChI=1S/C13H17N3O/c1-10(2)16-9-14-7-12(16)8-15-6-4-5-11(3)13(15)17/h4-7,9-10H,8H2,1-3H3. The molecule has 0 fully saturated rings. The highest BCUT2D eigenvalue weighted by Crippen LogP contribution is 2.09. The highest BCUT2D eigenvalue weighted by molar-refractivity contribution is 5.10. The van der Waals surface area contributed by atoms with Gasteiger partial charge in [0.05, 0.1) is 18.6 Å². The number of pyridine rings is 1. The Morgan fingerprint density at radius 1 is 1.41 bits per heavy atom. The van der Waals surface area contributed by atoms with Crippen molar-refractivity contribution < 1.29 is 0 Å². The SMILES string of the molecule is Cc1cccn(Cc2cncn2C(C)C)c1=O. The van der Waals surface area contributed by atoms with E-state index < -0.39 is 0 Å². The van der Waals surface area contributed by atoms with Gasteiger partial charge >= 0.3 is 0 Å². The molecule has 0 unspecified atom stereocenters. The zero-order chi connectivity index (χ0) is 12.4. The van der Waals surface area contributed by atoms with Gasteiger partial charge in [-0.1, -0.05) is 6.07 Å². The van der Waals surface area contributed by atoms with Crippen molar-refractivity contribution in [1.29, 1.82) is 0 Å². The van der Waals surface area contributed by atoms with Crippen LogP contribution in [-0.4, -0.2) is 14.1 Å². The van der Waals surface area contributed by atoms with Crippen molar-refractivity contribution in [2.24, 2.45) is 0 Å². The third kappa shape index (κ3) is 2.30. The molecule has 4 heteroatoms. The lowest BCUT2D eigenvalue weighted by atomic mass is 10.3. The Bertz CT molecular complexity index is 566. The normalized spacial score (nSPS) is 11.1. The number of aryl methyl sites for hydroxylation is 1. The van der Waals surface area contributed by atoms with E-state index in [1.54, 1.807) is 10.9 Å². The second-order valence-corrected chi connectivity index (χ2v) is 4.51. The fraction of sp³-hybridized carbons (Fsp3) is 0.385. The van der Waals surface area contributed by atoms with Gasteiger partial charge < -0.3 is 9.13 Å². The highest BCUT2D eigenvalue weighted by atomic mass is 16.1. The lowest BCUT2D eigenvalue weighted by molar-refractivity contribution is 0.557. The Morgan fingerprint density at radius 2 is 2.18 bits per heavy atom. The summed E-state index contributed by atoms with van der Waals surface area (Å²) in [5, 5.41) is 0. The minimum absolute atomic E-state index is 0.0593. The fourth-order valence-corrected chi connectivity index (χ4v) is 1.88. The van der Waals surface area contributed by atoms with E-state index in [4.69, 9.17) is 0 Å². The largest absolute Gasteiger partial charge is 0.330 e. The second kappa shape index (κ2) is 4.57. The molecular formula is C13H17N3O. The van der Waals surface area contributed by atoms with Crippen molar-refractivity contribution >= 4 is 0 Å². The molecule has 0 aromatic carbocycles. The Balaban J connectivity index is 2.35. The number of imidazole rings is 1. The Labute approximate surface area is 101 Å². The molecule has 0 saturated carbocycles. The molecule has 0 radical (unpaired) electrons. The van der Waals surface area contributed by atoms with Crippen LogP contribution in [0.5, 0.6) is 0 Å². The minimum atomic E-state index is 0.0593. The fourth-order valence-electron chi connectivity index (χ4n) is 1.88. The third-order valence-electron chi connectivity index (χ3n) is 2.85. The summed E-state index contributed by atoms with van der Waals surface area (Å²) in [7, 11) is 0. The van der Waals surface area contributed by atoms with Gasteiger partial charge in [-0.3, -0.25) is 4.79 Å². The summed E-state index contributed by atoms with van der Waals surface area (Å²) < 4.78 is 3.79. The molecular weight excluding hydrogens is 214 g/mol. The van der Waals surface area contributed by atoms with Gasteiger partial charge in [0.25, 0.3) is 5.56 Å². The topological polar surface area (TPSA) is 39.8 Å². The second-order valence-electron chi connectivity index (χ2n) is 4.51. The van der Waals surface area contributed by atoms with Crippen LogP contribution in [0.4, 0.5) is 0 Å². The van der Waals surface area contributed by atoms with Crippen molar-refractivity contribution in [3.63, 3.8) is 0 Å². The summed E-state index contributed by atoms with van der Waals surface area (Å²) in [4.78, 5) is 16.0. The maximum Gasteiger partial charge on any atom is 0.253 e. The zero-order valence-corrected chi connectivity index (χ0v) is 10.4. The van der Waals surface area contributed by atoms with Gasteiger partial charge in [0.1, 0.15) is 0 Å². The van der Waals surface area contributed by atoms with E-state index in [1.807, 2.05) is 31.5 Å². The van der Waals surface area contributed by atoms with Crippen LogP contribution in [0.3, 0.4) is 0 Å². The summed E-state index contributed by atoms with van der Waals surface area (Å²) in [5.41, 5.74) is 1.87. The zero-order valence-electron chi connectivity index (χ0n) is 10.4. The van der Waals surface area contributed by atoms with Crippen LogP contribution < -0.4 is 5.56 Å². The van der Waals surface area contributed by atoms with E-state index in [1.165, 1.54) is 0 Å². The average molecular weight is 231 g/mol. The number of nitrogens with zero attached hydrogens (tertiary/aromatic N) is 3. The molecule has 0 saturated heterocycles. The number of hydrogen-bond donors (Lipinski definition) is 0. The first-order valence-corrected chi connectivity index (χ1v) is 5.76. The maximum atomic E-state index is 11.9. The number of rotatable bonds is 3. The third-order valence-corrected chi connectivity index (χ3v) is 2.85. The monoisotopic (exact) mass is 231 g/mol. The molecule has 0 aliphatic rings. The van der Waals surface area contributed by atoms with Gasteiger partial charge in [-0.05, 0) is 26.8 Å². The summed E-state index contributed by atoms with van der Waals surface area (Å²) in [6.45, 7) is 6.60. The summed E-state index contributed by atoms with van der Waals surface area (Å²) in [6, 6.07) is 4.08. The predicted molar refractivity (Wildman–Crippen MR) is 67.2 cm³/mol. The van der Waals surface area contributed by atoms with E-state index in [0.717, 1.165) is 11.3 Å². The molecule has 17 heavy (non-hydrogen) atoms. The van der Waals surface area contributed by atoms with E-state index in [2.05, 4.69) is 23.4 Å². The molecule has 2 aromatic rings. The summed E-state index contributed by atoms with van der Waals surface area (Å²) >= 11 is 0. The first-order valence-electron chi connectivity index (χ1n) is 5.76. The van der Waals surface area contributed by atoms with Gasteiger partial charge in [-0.25, -0.2) is 4.98 Å². The molecule has 0 aliphatic carbocycles. The molecule has 0 amide bonds. The Kier molecular flexibility index (Phi) is 3.13. The van der Waals surface area contributed by atoms with Crippen LogP contribution >= 0.6 is 0 Å². The van der Waals surface area contributed by atoms with Gasteiger partial charge in [0.2, 0.25) is 0 Å². The minimum Gasteiger partial charge on any atom is -0.330 e. The van der Waals surface area contributed by atoms with Crippen LogP contribution in [0, 0.1) is 6.92 Å². The van der Waals surface area contributed by atoms with Crippen molar-refractivity contribution in [3.8, 4) is 0 Å². The van der Waals surface area contributed by atoms with Crippen LogP contribution in [0.2, 0.25) is 0 Å². The van der Waals surface area contributed by atoms with E-state index in [0.29, 0.717) is 12.6 Å². The Hall–Kier alpha value is -1.84. The van der Waals surface area contributed by atoms with Crippen LogP contribution in [0.1, 0.15) is 31.1 Å². The van der Waals surface area contributed by atoms with Gasteiger partial charge in [-0.15, -0.1) is 0 Å². The molecule has 4 nitrogen and oxygen atoms in total. The first kappa shape index (κ1) is 11.6. The van der Waals surface area contributed by atoms with Crippen LogP contribution in [-0.2, 0) is 6.54 Å². The van der Waals surface area contributed by atoms with Crippen molar-refractivity contribution in [1.82, 2.24) is 14.1 Å². The first-order chi connectivity index (χ1) is 8.09. The van der Waals surface area contributed by atoms with Crippen molar-refractivity contribution in [3.05, 3.63) is 52.5 Å². The predicted octanol–water partition coefficient (Wildman–Crippen LogP) is 1.98. The van der Waals surface area contributed by atoms with Gasteiger partial charge in [-0.2, -0.15) is 0 Å².